The van der Waals surface area contributed by atoms with Crippen molar-refractivity contribution in [3.63, 3.8) is 0 Å². The molecule has 0 bridgehead atoms. The first kappa shape index (κ1) is 22.9. The molecule has 0 fully saturated rings. The number of nitrogens with zero attached hydrogens (tertiary/aromatic N) is 4. The third-order valence-corrected chi connectivity index (χ3v) is 5.52. The van der Waals surface area contributed by atoms with Gasteiger partial charge in [-0.2, -0.15) is 0 Å². The lowest BCUT2D eigenvalue weighted by molar-refractivity contribution is 0.556. The molecule has 0 atom stereocenters. The summed E-state index contributed by atoms with van der Waals surface area (Å²) in [7, 11) is 0. The van der Waals surface area contributed by atoms with Crippen LogP contribution in [0, 0.1) is 0 Å². The molecule has 0 unspecified atom stereocenters. The molecule has 0 saturated carbocycles. The molecular weight excluding hydrogens is 410 g/mol. The molecule has 0 aliphatic carbocycles. The van der Waals surface area contributed by atoms with E-state index in [1.807, 2.05) is 36.9 Å². The first-order chi connectivity index (χ1) is 16.4. The SMILES string of the molecule is c1ccc(Cn2ccnc2CNCCNCCNCc2nccn2Cc2ccccc2)cc1. The predicted octanol–water partition coefficient (Wildman–Crippen LogP) is 2.65. The highest BCUT2D eigenvalue weighted by Crippen LogP contribution is 2.06. The van der Waals surface area contributed by atoms with Gasteiger partial charge < -0.3 is 25.1 Å². The van der Waals surface area contributed by atoms with E-state index in [2.05, 4.69) is 83.6 Å². The summed E-state index contributed by atoms with van der Waals surface area (Å²) in [6.07, 6.45) is 7.82. The molecule has 33 heavy (non-hydrogen) atoms. The Morgan fingerprint density at radius 1 is 0.545 bits per heavy atom. The van der Waals surface area contributed by atoms with Crippen LogP contribution in [-0.4, -0.2) is 45.3 Å². The van der Waals surface area contributed by atoms with Crippen LogP contribution in [0.25, 0.3) is 0 Å². The Kier molecular flexibility index (Phi) is 8.82. The maximum atomic E-state index is 4.49. The minimum absolute atomic E-state index is 0.768. The van der Waals surface area contributed by atoms with E-state index in [1.54, 1.807) is 0 Å². The molecule has 2 heterocycles. The fourth-order valence-electron chi connectivity index (χ4n) is 3.74. The number of imidazole rings is 2. The Hall–Kier alpha value is -3.26. The quantitative estimate of drug-likeness (QED) is 0.261. The van der Waals surface area contributed by atoms with Crippen LogP contribution in [0.3, 0.4) is 0 Å². The molecule has 0 amide bonds. The normalized spacial score (nSPS) is 11.2. The van der Waals surface area contributed by atoms with Gasteiger partial charge in [-0.1, -0.05) is 60.7 Å². The lowest BCUT2D eigenvalue weighted by Gasteiger charge is -2.11. The van der Waals surface area contributed by atoms with Crippen LogP contribution in [0.2, 0.25) is 0 Å². The fraction of sp³-hybridized carbons (Fsp3) is 0.308. The van der Waals surface area contributed by atoms with E-state index in [4.69, 9.17) is 0 Å². The molecule has 0 saturated heterocycles. The van der Waals surface area contributed by atoms with E-state index in [1.165, 1.54) is 11.1 Å². The third kappa shape index (κ3) is 7.39. The van der Waals surface area contributed by atoms with E-state index in [9.17, 15) is 0 Å². The van der Waals surface area contributed by atoms with Crippen molar-refractivity contribution in [2.45, 2.75) is 26.2 Å². The second-order valence-corrected chi connectivity index (χ2v) is 8.02. The van der Waals surface area contributed by atoms with E-state index in [0.29, 0.717) is 0 Å². The Morgan fingerprint density at radius 2 is 0.970 bits per heavy atom. The van der Waals surface area contributed by atoms with E-state index in [-0.39, 0.29) is 0 Å². The molecule has 2 aromatic heterocycles. The van der Waals surface area contributed by atoms with Crippen molar-refractivity contribution in [3.8, 4) is 0 Å². The molecule has 4 rings (SSSR count). The minimum atomic E-state index is 0.768. The second kappa shape index (κ2) is 12.7. The van der Waals surface area contributed by atoms with Crippen molar-refractivity contribution < 1.29 is 0 Å². The molecule has 172 valence electrons. The monoisotopic (exact) mass is 443 g/mol. The minimum Gasteiger partial charge on any atom is -0.329 e. The van der Waals surface area contributed by atoms with Crippen molar-refractivity contribution in [2.75, 3.05) is 26.2 Å². The van der Waals surface area contributed by atoms with Crippen LogP contribution >= 0.6 is 0 Å². The average Bonchev–Trinajstić information content (AvgIpc) is 3.48. The lowest BCUT2D eigenvalue weighted by Crippen LogP contribution is -2.33. The van der Waals surface area contributed by atoms with Crippen molar-refractivity contribution in [2.24, 2.45) is 0 Å². The average molecular weight is 444 g/mol. The van der Waals surface area contributed by atoms with Gasteiger partial charge in [0.1, 0.15) is 11.6 Å². The molecule has 3 N–H and O–H groups in total. The van der Waals surface area contributed by atoms with Gasteiger partial charge in [0.2, 0.25) is 0 Å². The zero-order chi connectivity index (χ0) is 22.6. The van der Waals surface area contributed by atoms with Crippen molar-refractivity contribution >= 4 is 0 Å². The Bertz CT molecular complexity index is 971. The maximum absolute atomic E-state index is 4.49. The van der Waals surface area contributed by atoms with E-state index >= 15 is 0 Å². The van der Waals surface area contributed by atoms with Crippen LogP contribution in [0.15, 0.2) is 85.5 Å². The standard InChI is InChI=1S/C26H33N7/c1-3-7-23(8-4-1)21-32-17-15-30-25(32)19-28-13-11-27-12-14-29-20-26-31-16-18-33(26)22-24-9-5-2-6-10-24/h1-10,15-18,27-29H,11-14,19-22H2. The second-order valence-electron chi connectivity index (χ2n) is 8.02. The molecule has 0 aliphatic rings. The Labute approximate surface area is 195 Å². The highest BCUT2D eigenvalue weighted by Gasteiger charge is 2.04. The number of rotatable bonds is 14. The Morgan fingerprint density at radius 3 is 1.42 bits per heavy atom. The van der Waals surface area contributed by atoms with Gasteiger partial charge in [-0.25, -0.2) is 9.97 Å². The number of benzene rings is 2. The third-order valence-electron chi connectivity index (χ3n) is 5.52. The Balaban J connectivity index is 1.06. The molecular formula is C26H33N7. The van der Waals surface area contributed by atoms with Gasteiger partial charge in [-0.15, -0.1) is 0 Å². The summed E-state index contributed by atoms with van der Waals surface area (Å²) < 4.78 is 4.39. The number of hydrogen-bond acceptors (Lipinski definition) is 5. The molecule has 0 radical (unpaired) electrons. The number of aromatic nitrogens is 4. The summed E-state index contributed by atoms with van der Waals surface area (Å²) in [6.45, 7) is 6.89. The molecule has 7 heteroatoms. The van der Waals surface area contributed by atoms with Gasteiger partial charge in [0.25, 0.3) is 0 Å². The number of hydrogen-bond donors (Lipinski definition) is 3. The van der Waals surface area contributed by atoms with E-state index in [0.717, 1.165) is 64.0 Å². The smallest absolute Gasteiger partial charge is 0.122 e. The molecule has 7 nitrogen and oxygen atoms in total. The molecule has 0 aliphatic heterocycles. The summed E-state index contributed by atoms with van der Waals surface area (Å²) in [4.78, 5) is 8.98. The van der Waals surface area contributed by atoms with Crippen molar-refractivity contribution in [1.82, 2.24) is 35.1 Å². The molecule has 2 aromatic carbocycles. The first-order valence-corrected chi connectivity index (χ1v) is 11.6. The highest BCUT2D eigenvalue weighted by molar-refractivity contribution is 5.16. The van der Waals surface area contributed by atoms with Crippen LogP contribution in [0.5, 0.6) is 0 Å². The topological polar surface area (TPSA) is 71.7 Å². The summed E-state index contributed by atoms with van der Waals surface area (Å²) in [5.41, 5.74) is 2.57. The van der Waals surface area contributed by atoms with Crippen molar-refractivity contribution in [1.29, 1.82) is 0 Å². The van der Waals surface area contributed by atoms with Crippen LogP contribution < -0.4 is 16.0 Å². The zero-order valence-electron chi connectivity index (χ0n) is 19.0. The van der Waals surface area contributed by atoms with Gasteiger partial charge in [-0.3, -0.25) is 0 Å². The zero-order valence-corrected chi connectivity index (χ0v) is 19.0. The van der Waals surface area contributed by atoms with Gasteiger partial charge in [0.15, 0.2) is 0 Å². The molecule has 4 aromatic rings. The van der Waals surface area contributed by atoms with E-state index < -0.39 is 0 Å². The van der Waals surface area contributed by atoms with Gasteiger partial charge >= 0.3 is 0 Å². The number of nitrogens with one attached hydrogen (secondary N) is 3. The predicted molar refractivity (Wildman–Crippen MR) is 132 cm³/mol. The van der Waals surface area contributed by atoms with Gasteiger partial charge in [0, 0.05) is 64.1 Å². The summed E-state index contributed by atoms with van der Waals surface area (Å²) >= 11 is 0. The summed E-state index contributed by atoms with van der Waals surface area (Å²) in [5, 5.41) is 10.4. The fourth-order valence-corrected chi connectivity index (χ4v) is 3.74. The van der Waals surface area contributed by atoms with Crippen molar-refractivity contribution in [3.05, 3.63) is 108 Å². The lowest BCUT2D eigenvalue weighted by atomic mass is 10.2. The summed E-state index contributed by atoms with van der Waals surface area (Å²) in [6, 6.07) is 21.0. The summed E-state index contributed by atoms with van der Waals surface area (Å²) in [5.74, 6) is 2.12. The maximum Gasteiger partial charge on any atom is 0.122 e. The van der Waals surface area contributed by atoms with Crippen LogP contribution in [-0.2, 0) is 26.2 Å². The largest absolute Gasteiger partial charge is 0.329 e. The van der Waals surface area contributed by atoms with Gasteiger partial charge in [-0.05, 0) is 11.1 Å². The molecule has 0 spiro atoms. The van der Waals surface area contributed by atoms with Crippen LogP contribution in [0.1, 0.15) is 22.8 Å². The van der Waals surface area contributed by atoms with Crippen LogP contribution in [0.4, 0.5) is 0 Å². The first-order valence-electron chi connectivity index (χ1n) is 11.6. The highest BCUT2D eigenvalue weighted by atomic mass is 15.1. The van der Waals surface area contributed by atoms with Gasteiger partial charge in [0.05, 0.1) is 13.1 Å².